The van der Waals surface area contributed by atoms with Crippen LogP contribution in [0.4, 0.5) is 18.9 Å². The normalized spacial score (nSPS) is 11.4. The number of halogens is 3. The first-order valence-electron chi connectivity index (χ1n) is 9.41. The Hall–Kier alpha value is -4.15. The number of hydrogen-bond acceptors (Lipinski definition) is 6. The van der Waals surface area contributed by atoms with Crippen LogP contribution in [0.15, 0.2) is 72.0 Å². The van der Waals surface area contributed by atoms with E-state index in [4.69, 9.17) is 0 Å². The van der Waals surface area contributed by atoms with Crippen molar-refractivity contribution in [3.8, 4) is 22.6 Å². The van der Waals surface area contributed by atoms with Gasteiger partial charge in [-0.1, -0.05) is 0 Å². The van der Waals surface area contributed by atoms with E-state index in [1.165, 1.54) is 22.8 Å². The standard InChI is InChI=1S/C21H17F3N6O2/c1-29-12-14(10-27-29)18-13-30(16-4-6-17(7-5-16)32-21(22,23)24)20(31)9-19(18)25-11-15-3-2-8-26-28-15/h2-10,12-13,25H,11H2,1H3. The van der Waals surface area contributed by atoms with E-state index < -0.39 is 6.36 Å². The minimum Gasteiger partial charge on any atom is -0.406 e. The van der Waals surface area contributed by atoms with Crippen LogP contribution in [0.3, 0.4) is 0 Å². The number of aryl methyl sites for hydroxylation is 1. The number of nitrogens with zero attached hydrogens (tertiary/aromatic N) is 5. The van der Waals surface area contributed by atoms with Crippen molar-refractivity contribution in [1.29, 1.82) is 0 Å². The molecule has 0 aliphatic carbocycles. The van der Waals surface area contributed by atoms with Gasteiger partial charge in [0.25, 0.3) is 5.56 Å². The van der Waals surface area contributed by atoms with E-state index in [0.717, 1.165) is 17.7 Å². The van der Waals surface area contributed by atoms with Gasteiger partial charge in [-0.3, -0.25) is 14.0 Å². The Morgan fingerprint density at radius 3 is 2.53 bits per heavy atom. The van der Waals surface area contributed by atoms with Crippen molar-refractivity contribution in [3.05, 3.63) is 83.3 Å². The number of alkyl halides is 3. The summed E-state index contributed by atoms with van der Waals surface area (Å²) < 4.78 is 44.1. The first-order valence-corrected chi connectivity index (χ1v) is 9.41. The smallest absolute Gasteiger partial charge is 0.406 e. The summed E-state index contributed by atoms with van der Waals surface area (Å²) in [6.45, 7) is 0.341. The van der Waals surface area contributed by atoms with Crippen molar-refractivity contribution in [2.24, 2.45) is 7.05 Å². The molecule has 3 aromatic heterocycles. The number of nitrogens with one attached hydrogen (secondary N) is 1. The second-order valence-corrected chi connectivity index (χ2v) is 6.82. The summed E-state index contributed by atoms with van der Waals surface area (Å²) in [5, 5.41) is 15.2. The van der Waals surface area contributed by atoms with Crippen LogP contribution in [0.2, 0.25) is 0 Å². The second kappa shape index (κ2) is 8.53. The van der Waals surface area contributed by atoms with E-state index in [1.54, 1.807) is 48.6 Å². The topological polar surface area (TPSA) is 86.9 Å². The molecule has 0 atom stereocenters. The van der Waals surface area contributed by atoms with Crippen LogP contribution in [0.25, 0.3) is 16.8 Å². The number of benzene rings is 1. The fourth-order valence-corrected chi connectivity index (χ4v) is 3.09. The van der Waals surface area contributed by atoms with Gasteiger partial charge in [0.15, 0.2) is 0 Å². The van der Waals surface area contributed by atoms with Crippen LogP contribution in [-0.4, -0.2) is 30.9 Å². The lowest BCUT2D eigenvalue weighted by molar-refractivity contribution is -0.274. The molecule has 0 aliphatic heterocycles. The van der Waals surface area contributed by atoms with Crippen molar-refractivity contribution < 1.29 is 17.9 Å². The monoisotopic (exact) mass is 442 g/mol. The lowest BCUT2D eigenvalue weighted by Gasteiger charge is -2.15. The largest absolute Gasteiger partial charge is 0.573 e. The molecule has 3 heterocycles. The molecule has 11 heteroatoms. The molecule has 0 radical (unpaired) electrons. The molecule has 4 aromatic rings. The molecule has 4 rings (SSSR count). The second-order valence-electron chi connectivity index (χ2n) is 6.82. The third-order valence-corrected chi connectivity index (χ3v) is 4.51. The molecule has 0 fully saturated rings. The van der Waals surface area contributed by atoms with Crippen LogP contribution >= 0.6 is 0 Å². The van der Waals surface area contributed by atoms with Crippen molar-refractivity contribution in [2.45, 2.75) is 12.9 Å². The average molecular weight is 442 g/mol. The summed E-state index contributed by atoms with van der Waals surface area (Å²) in [6.07, 6.45) is 1.83. The van der Waals surface area contributed by atoms with Crippen LogP contribution in [0.1, 0.15) is 5.69 Å². The van der Waals surface area contributed by atoms with Crippen LogP contribution in [0, 0.1) is 0 Å². The van der Waals surface area contributed by atoms with Gasteiger partial charge in [-0.2, -0.15) is 15.3 Å². The van der Waals surface area contributed by atoms with E-state index in [9.17, 15) is 18.0 Å². The summed E-state index contributed by atoms with van der Waals surface area (Å²) in [7, 11) is 1.77. The van der Waals surface area contributed by atoms with Gasteiger partial charge in [0.2, 0.25) is 0 Å². The van der Waals surface area contributed by atoms with Gasteiger partial charge < -0.3 is 10.1 Å². The average Bonchev–Trinajstić information content (AvgIpc) is 3.19. The summed E-state index contributed by atoms with van der Waals surface area (Å²) in [4.78, 5) is 12.8. The molecule has 0 saturated heterocycles. The van der Waals surface area contributed by atoms with E-state index >= 15 is 0 Å². The minimum atomic E-state index is -4.79. The maximum absolute atomic E-state index is 12.8. The van der Waals surface area contributed by atoms with Gasteiger partial charge in [-0.05, 0) is 36.4 Å². The molecule has 32 heavy (non-hydrogen) atoms. The number of hydrogen-bond donors (Lipinski definition) is 1. The molecular weight excluding hydrogens is 425 g/mol. The number of pyridine rings is 1. The Morgan fingerprint density at radius 2 is 1.91 bits per heavy atom. The molecule has 0 saturated carbocycles. The zero-order valence-corrected chi connectivity index (χ0v) is 16.7. The SMILES string of the molecule is Cn1cc(-c2cn(-c3ccc(OC(F)(F)F)cc3)c(=O)cc2NCc2cccnn2)cn1. The maximum atomic E-state index is 12.8. The van der Waals surface area contributed by atoms with Crippen molar-refractivity contribution in [1.82, 2.24) is 24.5 Å². The van der Waals surface area contributed by atoms with Crippen molar-refractivity contribution >= 4 is 5.69 Å². The molecule has 1 N–H and O–H groups in total. The molecule has 164 valence electrons. The van der Waals surface area contributed by atoms with E-state index in [0.29, 0.717) is 29.2 Å². The first-order chi connectivity index (χ1) is 15.3. The number of ether oxygens (including phenoxy) is 1. The molecule has 8 nitrogen and oxygen atoms in total. The van der Waals surface area contributed by atoms with Crippen molar-refractivity contribution in [3.63, 3.8) is 0 Å². The predicted molar refractivity (Wildman–Crippen MR) is 110 cm³/mol. The zero-order valence-electron chi connectivity index (χ0n) is 16.7. The van der Waals surface area contributed by atoms with Crippen LogP contribution in [-0.2, 0) is 13.6 Å². The Balaban J connectivity index is 1.70. The summed E-state index contributed by atoms with van der Waals surface area (Å²) in [5.41, 5.74) is 2.69. The maximum Gasteiger partial charge on any atom is 0.573 e. The van der Waals surface area contributed by atoms with Gasteiger partial charge in [0.05, 0.1) is 18.4 Å². The highest BCUT2D eigenvalue weighted by atomic mass is 19.4. The van der Waals surface area contributed by atoms with Crippen molar-refractivity contribution in [2.75, 3.05) is 5.32 Å². The van der Waals surface area contributed by atoms with Gasteiger partial charge >= 0.3 is 6.36 Å². The van der Waals surface area contributed by atoms with E-state index in [1.807, 2.05) is 0 Å². The van der Waals surface area contributed by atoms with Crippen LogP contribution in [0.5, 0.6) is 5.75 Å². The highest BCUT2D eigenvalue weighted by Crippen LogP contribution is 2.28. The highest BCUT2D eigenvalue weighted by Gasteiger charge is 2.31. The number of rotatable bonds is 6. The van der Waals surface area contributed by atoms with E-state index in [-0.39, 0.29) is 11.3 Å². The lowest BCUT2D eigenvalue weighted by atomic mass is 10.1. The Labute approximate surface area is 179 Å². The zero-order chi connectivity index (χ0) is 22.7. The predicted octanol–water partition coefficient (Wildman–Crippen LogP) is 3.54. The van der Waals surface area contributed by atoms with Gasteiger partial charge in [-0.15, -0.1) is 13.2 Å². The first kappa shape index (κ1) is 21.1. The van der Waals surface area contributed by atoms with Gasteiger partial charge in [0.1, 0.15) is 5.75 Å². The third-order valence-electron chi connectivity index (χ3n) is 4.51. The molecule has 0 bridgehead atoms. The summed E-state index contributed by atoms with van der Waals surface area (Å²) >= 11 is 0. The molecule has 0 aliphatic rings. The van der Waals surface area contributed by atoms with Gasteiger partial charge in [0, 0.05) is 54.2 Å². The summed E-state index contributed by atoms with van der Waals surface area (Å²) in [5.74, 6) is -0.371. The highest BCUT2D eigenvalue weighted by molar-refractivity contribution is 5.76. The molecule has 0 spiro atoms. The Morgan fingerprint density at radius 1 is 1.12 bits per heavy atom. The van der Waals surface area contributed by atoms with E-state index in [2.05, 4.69) is 25.3 Å². The molecule has 0 unspecified atom stereocenters. The summed E-state index contributed by atoms with van der Waals surface area (Å²) in [6, 6.07) is 10.0. The molecular formula is C21H17F3N6O2. The fraction of sp³-hybridized carbons (Fsp3) is 0.143. The fourth-order valence-electron chi connectivity index (χ4n) is 3.09. The number of aromatic nitrogens is 5. The Bertz CT molecular complexity index is 1270. The molecule has 1 aromatic carbocycles. The van der Waals surface area contributed by atoms with Gasteiger partial charge in [-0.25, -0.2) is 0 Å². The van der Waals surface area contributed by atoms with Crippen LogP contribution < -0.4 is 15.6 Å². The third kappa shape index (κ3) is 4.94. The Kier molecular flexibility index (Phi) is 5.63. The number of anilines is 1. The molecule has 0 amide bonds. The minimum absolute atomic E-state index is 0.341. The lowest BCUT2D eigenvalue weighted by Crippen LogP contribution is -2.19. The quantitative estimate of drug-likeness (QED) is 0.492.